The molecule has 1 aliphatic rings. The first-order valence-corrected chi connectivity index (χ1v) is 13.9. The van der Waals surface area contributed by atoms with Gasteiger partial charge in [-0.15, -0.1) is 0 Å². The summed E-state index contributed by atoms with van der Waals surface area (Å²) in [5.41, 5.74) is 4.69. The first kappa shape index (κ1) is 26.3. The van der Waals surface area contributed by atoms with Gasteiger partial charge in [0.2, 0.25) is 0 Å². The van der Waals surface area contributed by atoms with Gasteiger partial charge in [-0.2, -0.15) is 0 Å². The van der Waals surface area contributed by atoms with Crippen molar-refractivity contribution in [1.82, 2.24) is 0 Å². The van der Waals surface area contributed by atoms with E-state index in [4.69, 9.17) is 0 Å². The van der Waals surface area contributed by atoms with Gasteiger partial charge in [0, 0.05) is 23.7 Å². The van der Waals surface area contributed by atoms with Gasteiger partial charge in [0.25, 0.3) is 0 Å². The van der Waals surface area contributed by atoms with E-state index in [-0.39, 0.29) is 5.41 Å². The van der Waals surface area contributed by atoms with Crippen molar-refractivity contribution in [2.24, 2.45) is 0 Å². The molecule has 1 heterocycles. The normalized spacial score (nSPS) is 17.3. The van der Waals surface area contributed by atoms with Crippen LogP contribution in [0, 0.1) is 6.92 Å². The van der Waals surface area contributed by atoms with Crippen molar-refractivity contribution >= 4 is 5.69 Å². The lowest BCUT2D eigenvalue weighted by molar-refractivity contribution is 0.436. The number of aryl methyl sites for hydroxylation is 1. The highest BCUT2D eigenvalue weighted by Crippen LogP contribution is 2.45. The maximum absolute atomic E-state index is 2.68. The Balaban J connectivity index is 1.46. The number of hydrogen-bond donors (Lipinski definition) is 0. The Morgan fingerprint density at radius 3 is 1.65 bits per heavy atom. The lowest BCUT2D eigenvalue weighted by Crippen LogP contribution is -2.39. The number of nitrogens with zero attached hydrogens (tertiary/aromatic N) is 1. The van der Waals surface area contributed by atoms with E-state index in [1.165, 1.54) is 121 Å². The second-order valence-corrected chi connectivity index (χ2v) is 10.9. The molecule has 178 valence electrons. The molecule has 2 rings (SSSR count). The standard InChI is InChI=1S/C30H53N/c1-6-7-8-9-10-11-12-13-14-15-16-17-18-19-20-21-24-31-27(3)30(4,5)28-25-26(2)22-23-29(28)31/h22-23,25,27H,6-21,24H2,1-5H3. The van der Waals surface area contributed by atoms with Crippen molar-refractivity contribution in [2.45, 2.75) is 149 Å². The minimum absolute atomic E-state index is 0.260. The number of benzene rings is 1. The Hall–Kier alpha value is -0.980. The molecule has 0 fully saturated rings. The van der Waals surface area contributed by atoms with E-state index in [0.29, 0.717) is 6.04 Å². The average molecular weight is 428 g/mol. The van der Waals surface area contributed by atoms with Crippen LogP contribution in [0.5, 0.6) is 0 Å². The summed E-state index contributed by atoms with van der Waals surface area (Å²) in [6.45, 7) is 13.0. The highest BCUT2D eigenvalue weighted by Gasteiger charge is 2.41. The smallest absolute Gasteiger partial charge is 0.0407 e. The third kappa shape index (κ3) is 8.47. The molecule has 0 saturated carbocycles. The van der Waals surface area contributed by atoms with Gasteiger partial charge < -0.3 is 4.90 Å². The fourth-order valence-corrected chi connectivity index (χ4v) is 5.38. The van der Waals surface area contributed by atoms with E-state index in [2.05, 4.69) is 57.7 Å². The third-order valence-electron chi connectivity index (χ3n) is 7.92. The zero-order valence-corrected chi connectivity index (χ0v) is 21.8. The van der Waals surface area contributed by atoms with Gasteiger partial charge in [0.05, 0.1) is 0 Å². The lowest BCUT2D eigenvalue weighted by Gasteiger charge is -2.31. The molecular formula is C30H53N. The molecule has 1 atom stereocenters. The molecule has 0 radical (unpaired) electrons. The van der Waals surface area contributed by atoms with Gasteiger partial charge in [-0.3, -0.25) is 0 Å². The van der Waals surface area contributed by atoms with Crippen LogP contribution in [0.25, 0.3) is 0 Å². The summed E-state index contributed by atoms with van der Waals surface area (Å²) in [5.74, 6) is 0. The molecule has 31 heavy (non-hydrogen) atoms. The van der Waals surface area contributed by atoms with Crippen LogP contribution in [0.4, 0.5) is 5.69 Å². The van der Waals surface area contributed by atoms with Gasteiger partial charge in [0.15, 0.2) is 0 Å². The fourth-order valence-electron chi connectivity index (χ4n) is 5.38. The molecular weight excluding hydrogens is 374 g/mol. The van der Waals surface area contributed by atoms with Crippen LogP contribution in [0.3, 0.4) is 0 Å². The average Bonchev–Trinajstić information content (AvgIpc) is 2.93. The van der Waals surface area contributed by atoms with E-state index in [1.54, 1.807) is 5.56 Å². The maximum atomic E-state index is 2.68. The molecule has 1 nitrogen and oxygen atoms in total. The molecule has 0 aliphatic carbocycles. The Morgan fingerprint density at radius 1 is 0.710 bits per heavy atom. The van der Waals surface area contributed by atoms with Crippen LogP contribution in [0.15, 0.2) is 18.2 Å². The van der Waals surface area contributed by atoms with Crippen molar-refractivity contribution in [3.8, 4) is 0 Å². The summed E-state index contributed by atoms with van der Waals surface area (Å²) in [6.07, 6.45) is 23.0. The van der Waals surface area contributed by atoms with E-state index >= 15 is 0 Å². The van der Waals surface area contributed by atoms with Crippen LogP contribution >= 0.6 is 0 Å². The minimum Gasteiger partial charge on any atom is -0.368 e. The maximum Gasteiger partial charge on any atom is 0.0407 e. The molecule has 1 heteroatoms. The van der Waals surface area contributed by atoms with Crippen LogP contribution in [-0.4, -0.2) is 12.6 Å². The van der Waals surface area contributed by atoms with Gasteiger partial charge in [-0.25, -0.2) is 0 Å². The molecule has 0 saturated heterocycles. The molecule has 0 N–H and O–H groups in total. The summed E-state index contributed by atoms with van der Waals surface area (Å²) in [7, 11) is 0. The first-order chi connectivity index (χ1) is 15.0. The Bertz CT molecular complexity index is 602. The van der Waals surface area contributed by atoms with Crippen molar-refractivity contribution < 1.29 is 0 Å². The fraction of sp³-hybridized carbons (Fsp3) is 0.800. The minimum atomic E-state index is 0.260. The van der Waals surface area contributed by atoms with Gasteiger partial charge in [-0.1, -0.05) is 135 Å². The SMILES string of the molecule is CCCCCCCCCCCCCCCCCCN1c2ccc(C)cc2C(C)(C)C1C. The Kier molecular flexibility index (Phi) is 12.1. The van der Waals surface area contributed by atoms with E-state index in [1.807, 2.05) is 0 Å². The van der Waals surface area contributed by atoms with Gasteiger partial charge in [-0.05, 0) is 31.9 Å². The van der Waals surface area contributed by atoms with Crippen LogP contribution in [0.2, 0.25) is 0 Å². The Labute approximate surface area is 195 Å². The third-order valence-corrected chi connectivity index (χ3v) is 7.92. The summed E-state index contributed by atoms with van der Waals surface area (Å²) < 4.78 is 0. The molecule has 0 amide bonds. The predicted octanol–water partition coefficient (Wildman–Crippen LogP) is 9.74. The van der Waals surface area contributed by atoms with Crippen molar-refractivity contribution in [1.29, 1.82) is 0 Å². The number of fused-ring (bicyclic) bond motifs is 1. The van der Waals surface area contributed by atoms with E-state index in [9.17, 15) is 0 Å². The molecule has 1 unspecified atom stereocenters. The molecule has 0 bridgehead atoms. The van der Waals surface area contributed by atoms with Crippen LogP contribution in [-0.2, 0) is 5.41 Å². The number of hydrogen-bond acceptors (Lipinski definition) is 1. The lowest BCUT2D eigenvalue weighted by atomic mass is 9.81. The highest BCUT2D eigenvalue weighted by molar-refractivity contribution is 5.64. The Morgan fingerprint density at radius 2 is 1.16 bits per heavy atom. The number of unbranched alkanes of at least 4 members (excludes halogenated alkanes) is 15. The second kappa shape index (κ2) is 14.2. The zero-order chi connectivity index (χ0) is 22.5. The van der Waals surface area contributed by atoms with E-state index in [0.717, 1.165) is 0 Å². The molecule has 0 spiro atoms. The van der Waals surface area contributed by atoms with Gasteiger partial charge >= 0.3 is 0 Å². The summed E-state index contributed by atoms with van der Waals surface area (Å²) in [5, 5.41) is 0. The monoisotopic (exact) mass is 427 g/mol. The second-order valence-electron chi connectivity index (χ2n) is 10.9. The number of anilines is 1. The predicted molar refractivity (Wildman–Crippen MR) is 141 cm³/mol. The first-order valence-electron chi connectivity index (χ1n) is 13.9. The largest absolute Gasteiger partial charge is 0.368 e. The highest BCUT2D eigenvalue weighted by atomic mass is 15.2. The van der Waals surface area contributed by atoms with Crippen molar-refractivity contribution in [2.75, 3.05) is 11.4 Å². The molecule has 1 aromatic carbocycles. The van der Waals surface area contributed by atoms with Crippen LogP contribution in [0.1, 0.15) is 142 Å². The van der Waals surface area contributed by atoms with E-state index < -0.39 is 0 Å². The summed E-state index contributed by atoms with van der Waals surface area (Å²) >= 11 is 0. The van der Waals surface area contributed by atoms with Gasteiger partial charge in [0.1, 0.15) is 0 Å². The van der Waals surface area contributed by atoms with Crippen molar-refractivity contribution in [3.63, 3.8) is 0 Å². The molecule has 0 aromatic heterocycles. The topological polar surface area (TPSA) is 3.24 Å². The molecule has 1 aliphatic heterocycles. The van der Waals surface area contributed by atoms with Crippen LogP contribution < -0.4 is 4.90 Å². The quantitative estimate of drug-likeness (QED) is 0.224. The van der Waals surface area contributed by atoms with Crippen molar-refractivity contribution in [3.05, 3.63) is 29.3 Å². The zero-order valence-electron chi connectivity index (χ0n) is 21.8. The molecule has 1 aromatic rings. The summed E-state index contributed by atoms with van der Waals surface area (Å²) in [4.78, 5) is 2.68. The number of rotatable bonds is 17. The summed E-state index contributed by atoms with van der Waals surface area (Å²) in [6, 6.07) is 7.66.